The van der Waals surface area contributed by atoms with Gasteiger partial charge in [0.25, 0.3) is 0 Å². The molecule has 6 heteroatoms. The van der Waals surface area contributed by atoms with E-state index in [0.717, 1.165) is 27.7 Å². The fourth-order valence-electron chi connectivity index (χ4n) is 4.05. The molecule has 2 heterocycles. The number of nitrogens with one attached hydrogen (secondary N) is 1. The predicted octanol–water partition coefficient (Wildman–Crippen LogP) is 1.94. The van der Waals surface area contributed by atoms with Gasteiger partial charge in [0.15, 0.2) is 23.6 Å². The Morgan fingerprint density at radius 2 is 1.89 bits per heavy atom. The minimum absolute atomic E-state index is 0.129. The van der Waals surface area contributed by atoms with Crippen LogP contribution in [0.15, 0.2) is 42.5 Å². The molecule has 1 aromatic heterocycles. The van der Waals surface area contributed by atoms with Crippen molar-refractivity contribution in [2.45, 2.75) is 18.5 Å². The number of quaternary nitrogens is 1. The molecule has 4 rings (SSSR count). The zero-order valence-corrected chi connectivity index (χ0v) is 15.6. The number of nitrogens with two attached hydrogens (primary N) is 1. The third kappa shape index (κ3) is 2.82. The van der Waals surface area contributed by atoms with Crippen molar-refractivity contribution in [3.05, 3.63) is 59.3 Å². The van der Waals surface area contributed by atoms with E-state index in [1.807, 2.05) is 35.6 Å². The molecule has 27 heavy (non-hydrogen) atoms. The van der Waals surface area contributed by atoms with Crippen molar-refractivity contribution in [1.82, 2.24) is 4.98 Å². The first-order chi connectivity index (χ1) is 13.2. The molecule has 0 fully saturated rings. The first-order valence-corrected chi connectivity index (χ1v) is 8.91. The Kier molecular flexibility index (Phi) is 4.49. The summed E-state index contributed by atoms with van der Waals surface area (Å²) < 4.78 is 16.2. The van der Waals surface area contributed by atoms with Crippen LogP contribution in [-0.4, -0.2) is 38.3 Å². The van der Waals surface area contributed by atoms with E-state index in [-0.39, 0.29) is 18.1 Å². The standard InChI is InChI=1S/C21H22N2O4/c1-25-17-10-6-8-13(20(17)26-2)18-19-14(11-16(23-18)21(24)27-3)12-7-4-5-9-15(12)22-19/h4-10,16,18,22-23H,11H2,1-3H3/p+1/t16-,18+/m1/s1. The molecule has 0 spiro atoms. The Labute approximate surface area is 157 Å². The number of carbonyl (C=O) groups is 1. The fourth-order valence-corrected chi connectivity index (χ4v) is 4.05. The summed E-state index contributed by atoms with van der Waals surface area (Å²) >= 11 is 0. The lowest BCUT2D eigenvalue weighted by Crippen LogP contribution is -2.94. The Morgan fingerprint density at radius 1 is 1.07 bits per heavy atom. The number of H-pyrrole nitrogens is 1. The van der Waals surface area contributed by atoms with Crippen molar-refractivity contribution in [2.75, 3.05) is 21.3 Å². The summed E-state index contributed by atoms with van der Waals surface area (Å²) in [6, 6.07) is 13.5. The van der Waals surface area contributed by atoms with Crippen LogP contribution in [0.4, 0.5) is 0 Å². The van der Waals surface area contributed by atoms with Crippen molar-refractivity contribution < 1.29 is 24.3 Å². The van der Waals surface area contributed by atoms with Gasteiger partial charge in [0.2, 0.25) is 0 Å². The van der Waals surface area contributed by atoms with Gasteiger partial charge in [-0.2, -0.15) is 0 Å². The van der Waals surface area contributed by atoms with Gasteiger partial charge in [-0.3, -0.25) is 0 Å². The number of aromatic amines is 1. The number of rotatable bonds is 4. The molecule has 2 aromatic carbocycles. The predicted molar refractivity (Wildman–Crippen MR) is 101 cm³/mol. The van der Waals surface area contributed by atoms with Crippen LogP contribution >= 0.6 is 0 Å². The van der Waals surface area contributed by atoms with Gasteiger partial charge in [-0.15, -0.1) is 0 Å². The molecule has 0 bridgehead atoms. The summed E-state index contributed by atoms with van der Waals surface area (Å²) in [5.41, 5.74) is 4.26. The second kappa shape index (κ2) is 6.96. The molecule has 2 atom stereocenters. The number of aromatic nitrogens is 1. The number of esters is 1. The summed E-state index contributed by atoms with van der Waals surface area (Å²) in [4.78, 5) is 15.9. The van der Waals surface area contributed by atoms with Crippen molar-refractivity contribution in [3.63, 3.8) is 0 Å². The fraction of sp³-hybridized carbons (Fsp3) is 0.286. The monoisotopic (exact) mass is 367 g/mol. The molecule has 3 aromatic rings. The molecule has 0 radical (unpaired) electrons. The van der Waals surface area contributed by atoms with E-state index in [1.165, 1.54) is 7.11 Å². The summed E-state index contributed by atoms with van der Waals surface area (Å²) in [5.74, 6) is 1.12. The Bertz CT molecular complexity index is 995. The van der Waals surface area contributed by atoms with E-state index in [0.29, 0.717) is 17.9 Å². The highest BCUT2D eigenvalue weighted by Gasteiger charge is 2.39. The van der Waals surface area contributed by atoms with E-state index in [9.17, 15) is 4.79 Å². The summed E-state index contributed by atoms with van der Waals surface area (Å²) in [7, 11) is 4.69. The Hall–Kier alpha value is -2.99. The summed E-state index contributed by atoms with van der Waals surface area (Å²) in [6.07, 6.45) is 0.620. The number of para-hydroxylation sites is 2. The maximum Gasteiger partial charge on any atom is 0.364 e. The number of ether oxygens (including phenoxy) is 3. The van der Waals surface area contributed by atoms with Crippen molar-refractivity contribution >= 4 is 16.9 Å². The first kappa shape index (κ1) is 17.4. The molecule has 0 amide bonds. The van der Waals surface area contributed by atoms with E-state index >= 15 is 0 Å². The number of carbonyl (C=O) groups excluding carboxylic acids is 1. The van der Waals surface area contributed by atoms with Gasteiger partial charge < -0.3 is 24.5 Å². The lowest BCUT2D eigenvalue weighted by molar-refractivity contribution is -0.712. The van der Waals surface area contributed by atoms with Crippen molar-refractivity contribution in [2.24, 2.45) is 0 Å². The summed E-state index contributed by atoms with van der Waals surface area (Å²) in [5, 5.41) is 3.18. The maximum atomic E-state index is 12.4. The van der Waals surface area contributed by atoms with Crippen LogP contribution in [0.5, 0.6) is 11.5 Å². The number of hydrogen-bond donors (Lipinski definition) is 2. The Balaban J connectivity index is 1.92. The Morgan fingerprint density at radius 3 is 2.63 bits per heavy atom. The average Bonchev–Trinajstić information content (AvgIpc) is 3.10. The number of benzene rings is 2. The third-order valence-corrected chi connectivity index (χ3v) is 5.28. The normalized spacial score (nSPS) is 18.8. The van der Waals surface area contributed by atoms with Gasteiger partial charge >= 0.3 is 5.97 Å². The van der Waals surface area contributed by atoms with E-state index in [1.54, 1.807) is 14.2 Å². The second-order valence-corrected chi connectivity index (χ2v) is 6.65. The first-order valence-electron chi connectivity index (χ1n) is 8.91. The molecule has 1 aliphatic rings. The molecule has 0 aliphatic carbocycles. The van der Waals surface area contributed by atoms with Crippen LogP contribution in [0.3, 0.4) is 0 Å². The van der Waals surface area contributed by atoms with Crippen LogP contribution in [0.25, 0.3) is 10.9 Å². The van der Waals surface area contributed by atoms with Gasteiger partial charge in [0.05, 0.1) is 32.6 Å². The molecular weight excluding hydrogens is 344 g/mol. The maximum absolute atomic E-state index is 12.4. The molecule has 3 N–H and O–H groups in total. The van der Waals surface area contributed by atoms with Gasteiger partial charge in [-0.05, 0) is 23.8 Å². The van der Waals surface area contributed by atoms with Crippen LogP contribution in [-0.2, 0) is 16.0 Å². The highest BCUT2D eigenvalue weighted by molar-refractivity contribution is 5.86. The summed E-state index contributed by atoms with van der Waals surface area (Å²) in [6.45, 7) is 0. The minimum Gasteiger partial charge on any atom is -0.493 e. The topological polar surface area (TPSA) is 77.2 Å². The lowest BCUT2D eigenvalue weighted by atomic mass is 9.90. The van der Waals surface area contributed by atoms with Gasteiger partial charge in [0, 0.05) is 17.3 Å². The molecule has 140 valence electrons. The molecular formula is C21H23N2O4+. The second-order valence-electron chi connectivity index (χ2n) is 6.65. The SMILES string of the molecule is COC(=O)[C@H]1Cc2c([nH]c3ccccc23)[C@H](c2cccc(OC)c2OC)[NH2+]1. The van der Waals surface area contributed by atoms with Crippen LogP contribution in [0.2, 0.25) is 0 Å². The van der Waals surface area contributed by atoms with E-state index in [4.69, 9.17) is 14.2 Å². The van der Waals surface area contributed by atoms with Gasteiger partial charge in [-0.1, -0.05) is 24.3 Å². The largest absolute Gasteiger partial charge is 0.493 e. The lowest BCUT2D eigenvalue weighted by Gasteiger charge is -2.28. The molecule has 0 saturated heterocycles. The van der Waals surface area contributed by atoms with Crippen molar-refractivity contribution in [3.8, 4) is 11.5 Å². The number of hydrogen-bond acceptors (Lipinski definition) is 4. The van der Waals surface area contributed by atoms with Crippen LogP contribution < -0.4 is 14.8 Å². The zero-order chi connectivity index (χ0) is 19.0. The quantitative estimate of drug-likeness (QED) is 0.691. The molecule has 6 nitrogen and oxygen atoms in total. The van der Waals surface area contributed by atoms with Crippen molar-refractivity contribution in [1.29, 1.82) is 0 Å². The van der Waals surface area contributed by atoms with Crippen LogP contribution in [0, 0.1) is 0 Å². The molecule has 1 aliphatic heterocycles. The molecule has 0 unspecified atom stereocenters. The zero-order valence-electron chi connectivity index (χ0n) is 15.6. The smallest absolute Gasteiger partial charge is 0.364 e. The van der Waals surface area contributed by atoms with Crippen LogP contribution in [0.1, 0.15) is 22.9 Å². The average molecular weight is 367 g/mol. The van der Waals surface area contributed by atoms with Gasteiger partial charge in [0.1, 0.15) is 0 Å². The minimum atomic E-state index is -0.317. The number of methoxy groups -OCH3 is 3. The van der Waals surface area contributed by atoms with E-state index in [2.05, 4.69) is 17.1 Å². The van der Waals surface area contributed by atoms with E-state index < -0.39 is 0 Å². The highest BCUT2D eigenvalue weighted by Crippen LogP contribution is 2.39. The number of fused-ring (bicyclic) bond motifs is 3. The highest BCUT2D eigenvalue weighted by atomic mass is 16.5. The van der Waals surface area contributed by atoms with Gasteiger partial charge in [-0.25, -0.2) is 4.79 Å². The molecule has 0 saturated carbocycles. The third-order valence-electron chi connectivity index (χ3n) is 5.28.